The summed E-state index contributed by atoms with van der Waals surface area (Å²) in [5.41, 5.74) is 4.59. The standard InChI is InChI=1S/C20H24O/c1-3-5-6-7-16-8-10-17(11-9-16)18-12-14-19(15-13-18)20(21)4-2/h8-15H,3-7H2,1-2H3. The second-order valence-corrected chi connectivity index (χ2v) is 5.51. The van der Waals surface area contributed by atoms with Crippen LogP contribution in [-0.2, 0) is 6.42 Å². The molecule has 0 saturated carbocycles. The molecule has 0 heterocycles. The molecule has 0 amide bonds. The zero-order chi connectivity index (χ0) is 15.1. The number of benzene rings is 2. The summed E-state index contributed by atoms with van der Waals surface area (Å²) in [5, 5.41) is 0. The van der Waals surface area contributed by atoms with Crippen molar-refractivity contribution >= 4 is 5.78 Å². The Morgan fingerprint density at radius 3 is 1.90 bits per heavy atom. The van der Waals surface area contributed by atoms with Crippen molar-refractivity contribution in [2.75, 3.05) is 0 Å². The van der Waals surface area contributed by atoms with Crippen LogP contribution in [0.15, 0.2) is 48.5 Å². The van der Waals surface area contributed by atoms with Gasteiger partial charge in [0.1, 0.15) is 0 Å². The summed E-state index contributed by atoms with van der Waals surface area (Å²) in [7, 11) is 0. The molecule has 0 atom stereocenters. The van der Waals surface area contributed by atoms with Crippen molar-refractivity contribution in [1.29, 1.82) is 0 Å². The third-order valence-corrected chi connectivity index (χ3v) is 3.88. The first kappa shape index (κ1) is 15.5. The molecule has 0 N–H and O–H groups in total. The average Bonchev–Trinajstić information content (AvgIpc) is 2.55. The van der Waals surface area contributed by atoms with E-state index in [9.17, 15) is 4.79 Å². The lowest BCUT2D eigenvalue weighted by Crippen LogP contribution is -1.95. The van der Waals surface area contributed by atoms with Crippen molar-refractivity contribution in [2.24, 2.45) is 0 Å². The van der Waals surface area contributed by atoms with Gasteiger partial charge in [0.2, 0.25) is 0 Å². The molecule has 2 aromatic rings. The molecule has 2 rings (SSSR count). The Labute approximate surface area is 128 Å². The van der Waals surface area contributed by atoms with Gasteiger partial charge in [-0.15, -0.1) is 0 Å². The molecule has 0 radical (unpaired) electrons. The molecule has 0 bridgehead atoms. The predicted molar refractivity (Wildman–Crippen MR) is 89.7 cm³/mol. The van der Waals surface area contributed by atoms with Gasteiger partial charge in [0.05, 0.1) is 0 Å². The van der Waals surface area contributed by atoms with Gasteiger partial charge in [-0.05, 0) is 29.5 Å². The van der Waals surface area contributed by atoms with Crippen molar-refractivity contribution in [2.45, 2.75) is 46.0 Å². The van der Waals surface area contributed by atoms with Crippen LogP contribution in [0.1, 0.15) is 55.5 Å². The largest absolute Gasteiger partial charge is 0.294 e. The average molecular weight is 280 g/mol. The first-order valence-electron chi connectivity index (χ1n) is 7.97. The van der Waals surface area contributed by atoms with Gasteiger partial charge in [-0.3, -0.25) is 4.79 Å². The Balaban J connectivity index is 2.06. The molecule has 21 heavy (non-hydrogen) atoms. The Hall–Kier alpha value is -1.89. The lowest BCUT2D eigenvalue weighted by atomic mass is 9.99. The Bertz CT molecular complexity index is 564. The highest BCUT2D eigenvalue weighted by Crippen LogP contribution is 2.21. The fraction of sp³-hybridized carbons (Fsp3) is 0.350. The molecule has 0 aliphatic carbocycles. The third-order valence-electron chi connectivity index (χ3n) is 3.88. The molecule has 1 heteroatoms. The highest BCUT2D eigenvalue weighted by molar-refractivity contribution is 5.96. The minimum Gasteiger partial charge on any atom is -0.294 e. The van der Waals surface area contributed by atoms with Gasteiger partial charge in [-0.1, -0.05) is 75.2 Å². The van der Waals surface area contributed by atoms with E-state index in [1.165, 1.54) is 36.0 Å². The number of ketones is 1. The van der Waals surface area contributed by atoms with Crippen LogP contribution in [0.3, 0.4) is 0 Å². The molecule has 0 saturated heterocycles. The lowest BCUT2D eigenvalue weighted by Gasteiger charge is -2.06. The number of Topliss-reactive ketones (excluding diaryl/α,β-unsaturated/α-hetero) is 1. The van der Waals surface area contributed by atoms with Gasteiger partial charge in [0.15, 0.2) is 5.78 Å². The fourth-order valence-electron chi connectivity index (χ4n) is 2.50. The van der Waals surface area contributed by atoms with Crippen LogP contribution in [0.2, 0.25) is 0 Å². The van der Waals surface area contributed by atoms with E-state index in [0.717, 1.165) is 12.0 Å². The van der Waals surface area contributed by atoms with E-state index in [1.54, 1.807) is 0 Å². The smallest absolute Gasteiger partial charge is 0.162 e. The summed E-state index contributed by atoms with van der Waals surface area (Å²) in [4.78, 5) is 11.6. The van der Waals surface area contributed by atoms with E-state index in [1.807, 2.05) is 31.2 Å². The molecule has 0 fully saturated rings. The zero-order valence-corrected chi connectivity index (χ0v) is 13.1. The van der Waals surface area contributed by atoms with E-state index in [-0.39, 0.29) is 5.78 Å². The summed E-state index contributed by atoms with van der Waals surface area (Å²) in [6.45, 7) is 4.13. The van der Waals surface area contributed by atoms with Gasteiger partial charge < -0.3 is 0 Å². The van der Waals surface area contributed by atoms with E-state index >= 15 is 0 Å². The van der Waals surface area contributed by atoms with E-state index in [2.05, 4.69) is 31.2 Å². The fourth-order valence-corrected chi connectivity index (χ4v) is 2.50. The number of unbranched alkanes of at least 4 members (excludes halogenated alkanes) is 2. The molecular weight excluding hydrogens is 256 g/mol. The number of hydrogen-bond acceptors (Lipinski definition) is 1. The summed E-state index contributed by atoms with van der Waals surface area (Å²) in [6, 6.07) is 16.7. The first-order chi connectivity index (χ1) is 10.2. The van der Waals surface area contributed by atoms with Crippen molar-refractivity contribution in [1.82, 2.24) is 0 Å². The summed E-state index contributed by atoms with van der Waals surface area (Å²) >= 11 is 0. The minimum atomic E-state index is 0.202. The minimum absolute atomic E-state index is 0.202. The second kappa shape index (κ2) is 7.78. The molecule has 0 aliphatic rings. The SMILES string of the molecule is CCCCCc1ccc(-c2ccc(C(=O)CC)cc2)cc1. The van der Waals surface area contributed by atoms with Crippen LogP contribution in [0.5, 0.6) is 0 Å². The molecule has 1 nitrogen and oxygen atoms in total. The molecule has 0 spiro atoms. The number of carbonyl (C=O) groups is 1. The molecular formula is C20H24O. The Kier molecular flexibility index (Phi) is 5.74. The van der Waals surface area contributed by atoms with E-state index < -0.39 is 0 Å². The highest BCUT2D eigenvalue weighted by Gasteiger charge is 2.03. The summed E-state index contributed by atoms with van der Waals surface area (Å²) < 4.78 is 0. The van der Waals surface area contributed by atoms with Crippen molar-refractivity contribution in [3.63, 3.8) is 0 Å². The van der Waals surface area contributed by atoms with Gasteiger partial charge in [0.25, 0.3) is 0 Å². The lowest BCUT2D eigenvalue weighted by molar-refractivity contribution is 0.0988. The van der Waals surface area contributed by atoms with Gasteiger partial charge in [-0.25, -0.2) is 0 Å². The van der Waals surface area contributed by atoms with E-state index in [0.29, 0.717) is 6.42 Å². The number of rotatable bonds is 7. The zero-order valence-electron chi connectivity index (χ0n) is 13.1. The molecule has 110 valence electrons. The van der Waals surface area contributed by atoms with Crippen LogP contribution in [0.4, 0.5) is 0 Å². The highest BCUT2D eigenvalue weighted by atomic mass is 16.1. The van der Waals surface area contributed by atoms with Crippen molar-refractivity contribution in [3.05, 3.63) is 59.7 Å². The topological polar surface area (TPSA) is 17.1 Å². The Morgan fingerprint density at radius 2 is 1.38 bits per heavy atom. The maximum Gasteiger partial charge on any atom is 0.162 e. The van der Waals surface area contributed by atoms with Gasteiger partial charge in [-0.2, -0.15) is 0 Å². The number of hydrogen-bond donors (Lipinski definition) is 0. The van der Waals surface area contributed by atoms with Crippen LogP contribution in [0, 0.1) is 0 Å². The van der Waals surface area contributed by atoms with Crippen molar-refractivity contribution < 1.29 is 4.79 Å². The normalized spacial score (nSPS) is 10.6. The van der Waals surface area contributed by atoms with Crippen molar-refractivity contribution in [3.8, 4) is 11.1 Å². The van der Waals surface area contributed by atoms with Gasteiger partial charge in [0, 0.05) is 12.0 Å². The molecule has 0 aliphatic heterocycles. The summed E-state index contributed by atoms with van der Waals surface area (Å²) in [5.74, 6) is 0.202. The van der Waals surface area contributed by atoms with Gasteiger partial charge >= 0.3 is 0 Å². The first-order valence-corrected chi connectivity index (χ1v) is 7.97. The quantitative estimate of drug-likeness (QED) is 0.471. The third kappa shape index (κ3) is 4.29. The number of carbonyl (C=O) groups excluding carboxylic acids is 1. The van der Waals surface area contributed by atoms with Crippen LogP contribution in [-0.4, -0.2) is 5.78 Å². The molecule has 0 unspecified atom stereocenters. The number of aryl methyl sites for hydroxylation is 1. The second-order valence-electron chi connectivity index (χ2n) is 5.51. The van der Waals surface area contributed by atoms with Crippen LogP contribution in [0.25, 0.3) is 11.1 Å². The maximum atomic E-state index is 11.6. The maximum absolute atomic E-state index is 11.6. The Morgan fingerprint density at radius 1 is 0.810 bits per heavy atom. The molecule has 2 aromatic carbocycles. The summed E-state index contributed by atoms with van der Waals surface area (Å²) in [6.07, 6.45) is 5.56. The van der Waals surface area contributed by atoms with Crippen LogP contribution < -0.4 is 0 Å². The molecule has 0 aromatic heterocycles. The predicted octanol–water partition coefficient (Wildman–Crippen LogP) is 5.68. The van der Waals surface area contributed by atoms with E-state index in [4.69, 9.17) is 0 Å². The van der Waals surface area contributed by atoms with Crippen LogP contribution >= 0.6 is 0 Å². The monoisotopic (exact) mass is 280 g/mol.